The smallest absolute Gasteiger partial charge is 0.158 e. The predicted octanol–water partition coefficient (Wildman–Crippen LogP) is 4.68. The van der Waals surface area contributed by atoms with Crippen molar-refractivity contribution in [3.63, 3.8) is 0 Å². The summed E-state index contributed by atoms with van der Waals surface area (Å²) in [6.07, 6.45) is 10.6. The van der Waals surface area contributed by atoms with Gasteiger partial charge in [0.25, 0.3) is 0 Å². The van der Waals surface area contributed by atoms with Crippen LogP contribution in [0.2, 0.25) is 0 Å². The van der Waals surface area contributed by atoms with Gasteiger partial charge in [-0.1, -0.05) is 32.4 Å². The van der Waals surface area contributed by atoms with Gasteiger partial charge in [0.1, 0.15) is 0 Å². The van der Waals surface area contributed by atoms with E-state index in [1.54, 1.807) is 0 Å². The zero-order chi connectivity index (χ0) is 17.1. The molecule has 1 unspecified atom stereocenters. The molecule has 4 rings (SSSR count). The topological polar surface area (TPSA) is 37.3 Å². The molecule has 0 bridgehead atoms. The van der Waals surface area contributed by atoms with Gasteiger partial charge in [0.2, 0.25) is 0 Å². The number of aliphatic hydroxyl groups is 1. The van der Waals surface area contributed by atoms with Gasteiger partial charge in [0.15, 0.2) is 5.78 Å². The van der Waals surface area contributed by atoms with Gasteiger partial charge in [-0.25, -0.2) is 0 Å². The number of carbonyl (C=O) groups excluding carboxylic acids is 1. The molecule has 4 aliphatic carbocycles. The van der Waals surface area contributed by atoms with Gasteiger partial charge in [-0.05, 0) is 80.3 Å². The van der Waals surface area contributed by atoms with E-state index in [0.29, 0.717) is 17.6 Å². The van der Waals surface area contributed by atoms with Crippen LogP contribution < -0.4 is 0 Å². The second kappa shape index (κ2) is 5.83. The van der Waals surface area contributed by atoms with Crippen molar-refractivity contribution in [2.24, 2.45) is 35.0 Å². The lowest BCUT2D eigenvalue weighted by Gasteiger charge is -2.53. The summed E-state index contributed by atoms with van der Waals surface area (Å²) < 4.78 is 0. The molecule has 1 N–H and O–H groups in total. The van der Waals surface area contributed by atoms with Crippen LogP contribution in [0.3, 0.4) is 0 Å². The zero-order valence-corrected chi connectivity index (χ0v) is 15.3. The summed E-state index contributed by atoms with van der Waals surface area (Å²) in [5.41, 5.74) is 2.56. The monoisotopic (exact) mass is 328 g/mol. The normalized spacial score (nSPS) is 47.7. The molecule has 2 nitrogen and oxygen atoms in total. The fourth-order valence-electron chi connectivity index (χ4n) is 6.79. The standard InChI is InChI=1S/C22H32O2/c1-4-5-15-11-18-14(12-20(15)23)6-7-17-16(18)8-9-22(3)19(17)10-13(2)21(22)24/h12,15-19,21,24H,2,4-11H2,1,3H3/t15?,16-,17+,18-,19-,21-,22-/m0/s1. The molecule has 0 aromatic carbocycles. The lowest BCUT2D eigenvalue weighted by atomic mass is 9.51. The number of rotatable bonds is 2. The molecule has 0 aromatic heterocycles. The molecular formula is C22H32O2. The third kappa shape index (κ3) is 2.29. The number of allylic oxidation sites excluding steroid dienone is 1. The van der Waals surface area contributed by atoms with Crippen molar-refractivity contribution >= 4 is 5.78 Å². The zero-order valence-electron chi connectivity index (χ0n) is 15.3. The van der Waals surface area contributed by atoms with E-state index in [1.807, 2.05) is 6.08 Å². The van der Waals surface area contributed by atoms with E-state index in [0.717, 1.165) is 55.9 Å². The van der Waals surface area contributed by atoms with Gasteiger partial charge in [-0.3, -0.25) is 4.79 Å². The van der Waals surface area contributed by atoms with Crippen molar-refractivity contribution in [2.75, 3.05) is 0 Å². The molecule has 3 saturated carbocycles. The Morgan fingerprint density at radius 3 is 2.88 bits per heavy atom. The Kier molecular flexibility index (Phi) is 4.03. The first-order chi connectivity index (χ1) is 11.5. The predicted molar refractivity (Wildman–Crippen MR) is 96.4 cm³/mol. The Bertz CT molecular complexity index is 589. The molecule has 0 radical (unpaired) electrons. The van der Waals surface area contributed by atoms with Gasteiger partial charge < -0.3 is 5.11 Å². The molecule has 0 aromatic rings. The van der Waals surface area contributed by atoms with E-state index in [-0.39, 0.29) is 17.4 Å². The third-order valence-electron chi connectivity index (χ3n) is 8.09. The van der Waals surface area contributed by atoms with Crippen LogP contribution in [0, 0.1) is 35.0 Å². The molecule has 2 heteroatoms. The molecule has 0 heterocycles. The van der Waals surface area contributed by atoms with Crippen molar-refractivity contribution in [2.45, 2.75) is 71.3 Å². The van der Waals surface area contributed by atoms with Gasteiger partial charge in [0.05, 0.1) is 6.10 Å². The molecule has 7 atom stereocenters. The SMILES string of the molecule is C=C1C[C@H]2[C@@H]3CCC4=CC(=O)C(CCC)C[C@@H]4[C@H]3CC[C@]2(C)[C@H]1O. The van der Waals surface area contributed by atoms with Gasteiger partial charge in [0, 0.05) is 11.3 Å². The first-order valence-corrected chi connectivity index (χ1v) is 10.1. The number of hydrogen-bond donors (Lipinski definition) is 1. The lowest BCUT2D eigenvalue weighted by Crippen LogP contribution is -2.48. The van der Waals surface area contributed by atoms with E-state index in [1.165, 1.54) is 18.4 Å². The summed E-state index contributed by atoms with van der Waals surface area (Å²) in [6, 6.07) is 0. The second-order valence-electron chi connectivity index (χ2n) is 9.23. The first-order valence-electron chi connectivity index (χ1n) is 10.1. The summed E-state index contributed by atoms with van der Waals surface area (Å²) in [5, 5.41) is 10.7. The Morgan fingerprint density at radius 1 is 1.33 bits per heavy atom. The average Bonchev–Trinajstić information content (AvgIpc) is 2.79. The van der Waals surface area contributed by atoms with Gasteiger partial charge in [-0.15, -0.1) is 0 Å². The summed E-state index contributed by atoms with van der Waals surface area (Å²) in [5.74, 6) is 3.34. The summed E-state index contributed by atoms with van der Waals surface area (Å²) in [4.78, 5) is 12.4. The van der Waals surface area contributed by atoms with Crippen molar-refractivity contribution in [3.8, 4) is 0 Å². The summed E-state index contributed by atoms with van der Waals surface area (Å²) in [7, 11) is 0. The summed E-state index contributed by atoms with van der Waals surface area (Å²) in [6.45, 7) is 8.65. The number of carbonyl (C=O) groups is 1. The van der Waals surface area contributed by atoms with E-state index in [2.05, 4.69) is 20.4 Å². The minimum absolute atomic E-state index is 0.0484. The number of aliphatic hydroxyl groups excluding tert-OH is 1. The molecule has 4 aliphatic rings. The van der Waals surface area contributed by atoms with E-state index in [9.17, 15) is 9.90 Å². The molecule has 3 fully saturated rings. The Balaban J connectivity index is 1.61. The van der Waals surface area contributed by atoms with E-state index >= 15 is 0 Å². The summed E-state index contributed by atoms with van der Waals surface area (Å²) >= 11 is 0. The fourth-order valence-corrected chi connectivity index (χ4v) is 6.79. The molecule has 0 aliphatic heterocycles. The highest BCUT2D eigenvalue weighted by atomic mass is 16.3. The average molecular weight is 328 g/mol. The van der Waals surface area contributed by atoms with E-state index < -0.39 is 0 Å². The maximum atomic E-state index is 12.4. The number of hydrogen-bond acceptors (Lipinski definition) is 2. The molecule has 24 heavy (non-hydrogen) atoms. The highest BCUT2D eigenvalue weighted by molar-refractivity contribution is 5.93. The molecule has 132 valence electrons. The minimum atomic E-state index is -0.304. The van der Waals surface area contributed by atoms with Crippen molar-refractivity contribution in [3.05, 3.63) is 23.8 Å². The number of fused-ring (bicyclic) bond motifs is 5. The Labute approximate surface area is 146 Å². The van der Waals surface area contributed by atoms with Crippen molar-refractivity contribution in [1.29, 1.82) is 0 Å². The van der Waals surface area contributed by atoms with Gasteiger partial charge >= 0.3 is 0 Å². The molecule has 0 amide bonds. The molecule has 0 saturated heterocycles. The minimum Gasteiger partial charge on any atom is -0.388 e. The Hall–Kier alpha value is -0.890. The first kappa shape index (κ1) is 16.6. The third-order valence-corrected chi connectivity index (χ3v) is 8.09. The maximum absolute atomic E-state index is 12.4. The van der Waals surface area contributed by atoms with Crippen LogP contribution >= 0.6 is 0 Å². The quantitative estimate of drug-likeness (QED) is 0.747. The van der Waals surface area contributed by atoms with Crippen LogP contribution in [0.25, 0.3) is 0 Å². The fraction of sp³-hybridized carbons (Fsp3) is 0.773. The highest BCUT2D eigenvalue weighted by Crippen LogP contribution is 2.62. The van der Waals surface area contributed by atoms with Crippen molar-refractivity contribution in [1.82, 2.24) is 0 Å². The van der Waals surface area contributed by atoms with Crippen LogP contribution in [0.5, 0.6) is 0 Å². The number of ketones is 1. The second-order valence-corrected chi connectivity index (χ2v) is 9.23. The highest BCUT2D eigenvalue weighted by Gasteiger charge is 2.57. The largest absolute Gasteiger partial charge is 0.388 e. The molecular weight excluding hydrogens is 296 g/mol. The molecule has 0 spiro atoms. The van der Waals surface area contributed by atoms with Gasteiger partial charge in [-0.2, -0.15) is 0 Å². The van der Waals surface area contributed by atoms with Crippen LogP contribution in [-0.2, 0) is 4.79 Å². The van der Waals surface area contributed by atoms with Crippen LogP contribution in [0.15, 0.2) is 23.8 Å². The lowest BCUT2D eigenvalue weighted by molar-refractivity contribution is -0.120. The van der Waals surface area contributed by atoms with Crippen LogP contribution in [0.4, 0.5) is 0 Å². The van der Waals surface area contributed by atoms with Crippen molar-refractivity contribution < 1.29 is 9.90 Å². The maximum Gasteiger partial charge on any atom is 0.158 e. The van der Waals surface area contributed by atoms with Crippen LogP contribution in [-0.4, -0.2) is 17.0 Å². The van der Waals surface area contributed by atoms with Crippen LogP contribution in [0.1, 0.15) is 65.2 Å². The van der Waals surface area contributed by atoms with E-state index in [4.69, 9.17) is 0 Å². The Morgan fingerprint density at radius 2 is 2.12 bits per heavy atom.